The maximum atomic E-state index is 9.72. The number of rotatable bonds is 4. The summed E-state index contributed by atoms with van der Waals surface area (Å²) in [6, 6.07) is 0. The second-order valence-electron chi connectivity index (χ2n) is 2.47. The van der Waals surface area contributed by atoms with Gasteiger partial charge < -0.3 is 28.4 Å². The molecule has 0 aromatic rings. The van der Waals surface area contributed by atoms with Crippen molar-refractivity contribution in [1.29, 1.82) is 0 Å². The summed E-state index contributed by atoms with van der Waals surface area (Å²) in [7, 11) is 0. The van der Waals surface area contributed by atoms with E-state index < -0.39 is 36.5 Å². The summed E-state index contributed by atoms with van der Waals surface area (Å²) in [6.07, 6.45) is -3.78. The maximum Gasteiger partial charge on any atom is 2.00 e. The summed E-state index contributed by atoms with van der Waals surface area (Å²) >= 11 is 0. The molecule has 0 spiro atoms. The minimum Gasteiger partial charge on any atom is -1.00 e. The quantitative estimate of drug-likeness (QED) is 0.374. The third-order valence-corrected chi connectivity index (χ3v) is 1.01. The van der Waals surface area contributed by atoms with Gasteiger partial charge in [0.15, 0.2) is 6.10 Å². The Labute approximate surface area is 123 Å². The summed E-state index contributed by atoms with van der Waals surface area (Å²) in [4.78, 5) is 28.9. The molecule has 0 aromatic carbocycles. The number of hydrogen-bond acceptors (Lipinski definition) is 5. The maximum absolute atomic E-state index is 9.72. The topological polar surface area (TPSA) is 152 Å². The van der Waals surface area contributed by atoms with E-state index in [1.165, 1.54) is 6.92 Å². The first kappa shape index (κ1) is 20.9. The Morgan fingerprint density at radius 2 is 1.38 bits per heavy atom. The molecule has 2 unspecified atom stereocenters. The van der Waals surface area contributed by atoms with Crippen LogP contribution in [0.3, 0.4) is 0 Å². The third-order valence-electron chi connectivity index (χ3n) is 1.01. The molecule has 0 bridgehead atoms. The van der Waals surface area contributed by atoms with Crippen molar-refractivity contribution < 1.29 is 42.8 Å². The van der Waals surface area contributed by atoms with Crippen LogP contribution >= 0.6 is 0 Å². The van der Waals surface area contributed by atoms with Crippen LogP contribution in [0, 0.1) is 0 Å². The van der Waals surface area contributed by atoms with Gasteiger partial charge in [-0.2, -0.15) is 0 Å². The molecule has 0 rings (SSSR count). The van der Waals surface area contributed by atoms with E-state index in [1.807, 2.05) is 0 Å². The van der Waals surface area contributed by atoms with Crippen molar-refractivity contribution in [2.45, 2.75) is 25.6 Å². The van der Waals surface area contributed by atoms with Gasteiger partial charge in [0, 0.05) is 0 Å². The van der Waals surface area contributed by atoms with Crippen LogP contribution in [0.15, 0.2) is 0 Å². The van der Waals surface area contributed by atoms with Crippen LogP contribution in [0.4, 0.5) is 0 Å². The number of carboxylic acids is 3. The van der Waals surface area contributed by atoms with Crippen molar-refractivity contribution in [3.05, 3.63) is 0 Å². The molecule has 0 amide bonds. The smallest absolute Gasteiger partial charge is 1.00 e. The normalized spacial score (nSPS) is 12.2. The van der Waals surface area contributed by atoms with E-state index in [0.717, 1.165) is 0 Å². The van der Waals surface area contributed by atoms with Crippen LogP contribution in [0.2, 0.25) is 0 Å². The molecule has 0 aromatic heterocycles. The third kappa shape index (κ3) is 16.0. The minimum atomic E-state index is -1.79. The molecule has 2 atom stereocenters. The van der Waals surface area contributed by atoms with Crippen molar-refractivity contribution >= 4 is 55.6 Å². The molecule has 9 heteroatoms. The van der Waals surface area contributed by atoms with Crippen molar-refractivity contribution in [2.75, 3.05) is 0 Å². The summed E-state index contributed by atoms with van der Waals surface area (Å²) in [5.74, 6) is -4.03. The van der Waals surface area contributed by atoms with Gasteiger partial charge in [-0.25, -0.2) is 9.59 Å². The summed E-state index contributed by atoms with van der Waals surface area (Å²) < 4.78 is 0. The molecule has 0 fully saturated rings. The summed E-state index contributed by atoms with van der Waals surface area (Å²) in [5, 5.41) is 39.9. The zero-order valence-electron chi connectivity index (χ0n) is 10.5. The Morgan fingerprint density at radius 3 is 1.44 bits per heavy atom. The average molecular weight is 266 g/mol. The van der Waals surface area contributed by atoms with Crippen molar-refractivity contribution in [3.8, 4) is 0 Å². The monoisotopic (exact) mass is 266 g/mol. The van der Waals surface area contributed by atoms with E-state index in [-0.39, 0.29) is 40.6 Å². The number of carbonyl (C=O) groups is 3. The van der Waals surface area contributed by atoms with E-state index in [1.54, 1.807) is 0 Å². The van der Waals surface area contributed by atoms with Gasteiger partial charge in [0.05, 0.1) is 6.42 Å². The summed E-state index contributed by atoms with van der Waals surface area (Å²) in [5.41, 5.74) is 0. The minimum absolute atomic E-state index is 0. The molecule has 5 N–H and O–H groups in total. The fraction of sp³-hybridized carbons (Fsp3) is 0.571. The van der Waals surface area contributed by atoms with Gasteiger partial charge in [0.25, 0.3) is 0 Å². The Hall–Kier alpha value is -0.410. The molecule has 0 aliphatic heterocycles. The van der Waals surface area contributed by atoms with Crippen LogP contribution in [0.25, 0.3) is 0 Å². The Bertz CT molecular complexity index is 248. The van der Waals surface area contributed by atoms with Crippen molar-refractivity contribution in [1.82, 2.24) is 0 Å². The van der Waals surface area contributed by atoms with E-state index in [2.05, 4.69) is 0 Å². The molecule has 0 aliphatic rings. The van der Waals surface area contributed by atoms with E-state index in [0.29, 0.717) is 0 Å². The van der Waals surface area contributed by atoms with Gasteiger partial charge in [0.1, 0.15) is 6.10 Å². The molecule has 0 heterocycles. The van der Waals surface area contributed by atoms with Gasteiger partial charge in [-0.1, -0.05) is 0 Å². The first-order valence-electron chi connectivity index (χ1n) is 3.72. The molecule has 8 nitrogen and oxygen atoms in total. The Kier molecular flexibility index (Phi) is 14.5. The number of carboxylic acid groups (broad SMARTS) is 3. The fourth-order valence-electron chi connectivity index (χ4n) is 0.253. The molecule has 0 aliphatic carbocycles. The first-order chi connectivity index (χ1) is 6.68. The Morgan fingerprint density at radius 1 is 1.06 bits per heavy atom. The van der Waals surface area contributed by atoms with Crippen LogP contribution in [-0.2, 0) is 14.4 Å². The predicted molar refractivity (Wildman–Crippen MR) is 53.2 cm³/mol. The number of aliphatic carboxylic acids is 3. The molecule has 0 radical (unpaired) electrons. The van der Waals surface area contributed by atoms with E-state index in [4.69, 9.17) is 25.5 Å². The number of aliphatic hydroxyl groups excluding tert-OH is 2. The molecule has 0 saturated carbocycles. The van der Waals surface area contributed by atoms with Gasteiger partial charge in [-0.3, -0.25) is 4.79 Å². The predicted octanol–water partition coefficient (Wildman–Crippen LogP) is -1.80. The van der Waals surface area contributed by atoms with Gasteiger partial charge in [0.2, 0.25) is 0 Å². The standard InChI is InChI=1S/C4H6O5.C3H6O3.Ca.2H/c5-2(4(8)9)1-3(6)7;1-2(4)3(5)6;;;/h2,5H,1H2,(H,6,7)(H,8,9);2,4H,1H3,(H,5,6);;;/q;;+2;2*-1. The fourth-order valence-corrected chi connectivity index (χ4v) is 0.253. The Balaban J connectivity index is -0.0000000566. The number of hydrogen-bond donors (Lipinski definition) is 5. The molecule has 16 heavy (non-hydrogen) atoms. The van der Waals surface area contributed by atoms with Gasteiger partial charge in [-0.15, -0.1) is 0 Å². The zero-order valence-corrected chi connectivity index (χ0v) is 10.7. The second-order valence-corrected chi connectivity index (χ2v) is 2.47. The van der Waals surface area contributed by atoms with Crippen LogP contribution in [0.1, 0.15) is 16.2 Å². The SMILES string of the molecule is CC(O)C(=O)O.O=C(O)CC(O)C(=O)O.[Ca+2].[H-].[H-]. The van der Waals surface area contributed by atoms with Gasteiger partial charge >= 0.3 is 55.6 Å². The van der Waals surface area contributed by atoms with Gasteiger partial charge in [-0.05, 0) is 6.92 Å². The van der Waals surface area contributed by atoms with Crippen molar-refractivity contribution in [2.24, 2.45) is 0 Å². The molecule has 0 saturated heterocycles. The average Bonchev–Trinajstić information content (AvgIpc) is 2.03. The largest absolute Gasteiger partial charge is 2.00 e. The van der Waals surface area contributed by atoms with Crippen molar-refractivity contribution in [3.63, 3.8) is 0 Å². The van der Waals surface area contributed by atoms with Crippen LogP contribution < -0.4 is 0 Å². The zero-order chi connectivity index (χ0) is 12.6. The molecular formula is C7H14CaO8. The summed E-state index contributed by atoms with van der Waals surface area (Å²) in [6.45, 7) is 1.20. The second kappa shape index (κ2) is 11.1. The van der Waals surface area contributed by atoms with Crippen LogP contribution in [-0.4, -0.2) is 93.4 Å². The number of aliphatic hydroxyl groups is 2. The van der Waals surface area contributed by atoms with E-state index >= 15 is 0 Å². The molecular weight excluding hydrogens is 252 g/mol. The first-order valence-corrected chi connectivity index (χ1v) is 3.72. The molecule has 92 valence electrons. The van der Waals surface area contributed by atoms with E-state index in [9.17, 15) is 14.4 Å². The van der Waals surface area contributed by atoms with Crippen LogP contribution in [0.5, 0.6) is 0 Å².